The molecule has 0 saturated carbocycles. The zero-order chi connectivity index (χ0) is 11.4. The van der Waals surface area contributed by atoms with Gasteiger partial charge in [0.2, 0.25) is 5.91 Å². The van der Waals surface area contributed by atoms with Gasteiger partial charge in [0, 0.05) is 13.1 Å². The van der Waals surface area contributed by atoms with Gasteiger partial charge in [-0.25, -0.2) is 0 Å². The molecule has 0 bridgehead atoms. The first-order valence-corrected chi connectivity index (χ1v) is 5.86. The second-order valence-corrected chi connectivity index (χ2v) is 3.60. The largest absolute Gasteiger partial charge is 0.356 e. The van der Waals surface area contributed by atoms with Crippen molar-refractivity contribution in [2.45, 2.75) is 45.4 Å². The summed E-state index contributed by atoms with van der Waals surface area (Å²) in [5.41, 5.74) is 0. The summed E-state index contributed by atoms with van der Waals surface area (Å²) in [5, 5.41) is 2.53. The average molecular weight is 209 g/mol. The van der Waals surface area contributed by atoms with Crippen molar-refractivity contribution in [1.82, 2.24) is 5.32 Å². The van der Waals surface area contributed by atoms with Gasteiger partial charge in [-0.05, 0) is 12.8 Å². The van der Waals surface area contributed by atoms with Crippen molar-refractivity contribution in [3.63, 3.8) is 0 Å². The maximum Gasteiger partial charge on any atom is 0.243 e. The molecule has 0 spiro atoms. The fraction of sp³-hybridized carbons (Fsp3) is 0.615. The molecule has 0 aromatic carbocycles. The molecular weight excluding hydrogens is 186 g/mol. The monoisotopic (exact) mass is 209 g/mol. The number of hydrogen-bond donors (Lipinski definition) is 1. The molecule has 0 aliphatic carbocycles. The summed E-state index contributed by atoms with van der Waals surface area (Å²) in [6.07, 6.45) is 15.0. The van der Waals surface area contributed by atoms with Crippen molar-refractivity contribution in [2.24, 2.45) is 0 Å². The number of nitrogens with one attached hydrogen (secondary N) is 1. The minimum Gasteiger partial charge on any atom is -0.356 e. The number of amides is 1. The van der Waals surface area contributed by atoms with Gasteiger partial charge in [-0.15, -0.1) is 0 Å². The van der Waals surface area contributed by atoms with Gasteiger partial charge in [0.1, 0.15) is 0 Å². The molecule has 86 valence electrons. The quantitative estimate of drug-likeness (QED) is 0.371. The Labute approximate surface area is 93.5 Å². The standard InChI is InChI=1S/C13H23NO/c1-3-4-5-6-7-8-9-10-11-12-13(15)14-2/h9-12H,3-8H2,1-2H3,(H,14,15). The van der Waals surface area contributed by atoms with Crippen LogP contribution >= 0.6 is 0 Å². The Morgan fingerprint density at radius 1 is 1.13 bits per heavy atom. The van der Waals surface area contributed by atoms with Crippen LogP contribution in [0.25, 0.3) is 0 Å². The minimum atomic E-state index is -0.0532. The third-order valence-electron chi connectivity index (χ3n) is 2.22. The highest BCUT2D eigenvalue weighted by molar-refractivity contribution is 5.87. The molecule has 0 atom stereocenters. The van der Waals surface area contributed by atoms with Crippen molar-refractivity contribution in [3.05, 3.63) is 24.3 Å². The lowest BCUT2D eigenvalue weighted by molar-refractivity contribution is -0.116. The Morgan fingerprint density at radius 3 is 2.53 bits per heavy atom. The molecule has 0 aromatic rings. The van der Waals surface area contributed by atoms with Gasteiger partial charge < -0.3 is 5.32 Å². The summed E-state index contributed by atoms with van der Waals surface area (Å²) >= 11 is 0. The predicted octanol–water partition coefficient (Wildman–Crippen LogP) is 3.21. The number of hydrogen-bond acceptors (Lipinski definition) is 1. The molecule has 15 heavy (non-hydrogen) atoms. The van der Waals surface area contributed by atoms with E-state index in [0.717, 1.165) is 6.42 Å². The molecule has 2 heteroatoms. The fourth-order valence-corrected chi connectivity index (χ4v) is 1.27. The van der Waals surface area contributed by atoms with E-state index in [0.29, 0.717) is 0 Å². The van der Waals surface area contributed by atoms with Crippen molar-refractivity contribution in [3.8, 4) is 0 Å². The van der Waals surface area contributed by atoms with Gasteiger partial charge in [0.25, 0.3) is 0 Å². The predicted molar refractivity (Wildman–Crippen MR) is 65.7 cm³/mol. The van der Waals surface area contributed by atoms with Gasteiger partial charge in [-0.1, -0.05) is 50.8 Å². The zero-order valence-electron chi connectivity index (χ0n) is 9.96. The van der Waals surface area contributed by atoms with Crippen LogP contribution in [0.15, 0.2) is 24.3 Å². The Bertz CT molecular complexity index is 207. The van der Waals surface area contributed by atoms with Gasteiger partial charge in [-0.2, -0.15) is 0 Å². The number of carbonyl (C=O) groups excluding carboxylic acids is 1. The second kappa shape index (κ2) is 11.0. The molecule has 2 nitrogen and oxygen atoms in total. The summed E-state index contributed by atoms with van der Waals surface area (Å²) in [5.74, 6) is -0.0532. The van der Waals surface area contributed by atoms with Crippen molar-refractivity contribution in [2.75, 3.05) is 7.05 Å². The maximum absolute atomic E-state index is 10.8. The molecule has 0 fully saturated rings. The molecule has 0 aliphatic rings. The Kier molecular flexibility index (Phi) is 10.3. The second-order valence-electron chi connectivity index (χ2n) is 3.60. The Morgan fingerprint density at radius 2 is 1.87 bits per heavy atom. The molecule has 0 aliphatic heterocycles. The minimum absolute atomic E-state index is 0.0532. The van der Waals surface area contributed by atoms with E-state index in [4.69, 9.17) is 0 Å². The highest BCUT2D eigenvalue weighted by Gasteiger charge is 1.86. The van der Waals surface area contributed by atoms with E-state index in [1.54, 1.807) is 13.1 Å². The normalized spacial score (nSPS) is 11.3. The first kappa shape index (κ1) is 13.9. The van der Waals surface area contributed by atoms with E-state index >= 15 is 0 Å². The number of unbranched alkanes of at least 4 members (excludes halogenated alkanes) is 5. The van der Waals surface area contributed by atoms with Crippen molar-refractivity contribution >= 4 is 5.91 Å². The molecular formula is C13H23NO. The van der Waals surface area contributed by atoms with E-state index in [2.05, 4.69) is 18.3 Å². The molecule has 1 N–H and O–H groups in total. The molecule has 0 radical (unpaired) electrons. The molecule has 0 unspecified atom stereocenters. The van der Waals surface area contributed by atoms with Crippen LogP contribution in [-0.4, -0.2) is 13.0 Å². The summed E-state index contributed by atoms with van der Waals surface area (Å²) in [7, 11) is 1.63. The van der Waals surface area contributed by atoms with E-state index in [1.807, 2.05) is 6.08 Å². The fourth-order valence-electron chi connectivity index (χ4n) is 1.27. The first-order valence-electron chi connectivity index (χ1n) is 5.86. The van der Waals surface area contributed by atoms with E-state index in [-0.39, 0.29) is 5.91 Å². The van der Waals surface area contributed by atoms with E-state index in [9.17, 15) is 4.79 Å². The van der Waals surface area contributed by atoms with Crippen LogP contribution in [0.5, 0.6) is 0 Å². The molecule has 0 aromatic heterocycles. The van der Waals surface area contributed by atoms with E-state index < -0.39 is 0 Å². The summed E-state index contributed by atoms with van der Waals surface area (Å²) in [6.45, 7) is 2.23. The lowest BCUT2D eigenvalue weighted by Gasteiger charge is -1.95. The van der Waals surface area contributed by atoms with E-state index in [1.165, 1.54) is 38.2 Å². The van der Waals surface area contributed by atoms with Crippen LogP contribution in [0, 0.1) is 0 Å². The SMILES string of the molecule is CCCCCCCC=CC=CC(=O)NC. The highest BCUT2D eigenvalue weighted by atomic mass is 16.1. The van der Waals surface area contributed by atoms with Crippen LogP contribution in [-0.2, 0) is 4.79 Å². The Balaban J connectivity index is 3.31. The van der Waals surface area contributed by atoms with Gasteiger partial charge in [-0.3, -0.25) is 4.79 Å². The number of carbonyl (C=O) groups is 1. The zero-order valence-corrected chi connectivity index (χ0v) is 9.96. The number of allylic oxidation sites excluding steroid dienone is 3. The highest BCUT2D eigenvalue weighted by Crippen LogP contribution is 2.05. The smallest absolute Gasteiger partial charge is 0.243 e. The van der Waals surface area contributed by atoms with Crippen LogP contribution in [0.1, 0.15) is 45.4 Å². The third-order valence-corrected chi connectivity index (χ3v) is 2.22. The van der Waals surface area contributed by atoms with Crippen LogP contribution < -0.4 is 5.32 Å². The van der Waals surface area contributed by atoms with Crippen LogP contribution in [0.3, 0.4) is 0 Å². The molecule has 0 heterocycles. The van der Waals surface area contributed by atoms with Gasteiger partial charge >= 0.3 is 0 Å². The lowest BCUT2D eigenvalue weighted by Crippen LogP contribution is -2.13. The summed E-state index contributed by atoms with van der Waals surface area (Å²) < 4.78 is 0. The first-order chi connectivity index (χ1) is 7.31. The van der Waals surface area contributed by atoms with Crippen LogP contribution in [0.2, 0.25) is 0 Å². The van der Waals surface area contributed by atoms with Crippen molar-refractivity contribution < 1.29 is 4.79 Å². The van der Waals surface area contributed by atoms with Gasteiger partial charge in [0.05, 0.1) is 0 Å². The van der Waals surface area contributed by atoms with Gasteiger partial charge in [0.15, 0.2) is 0 Å². The summed E-state index contributed by atoms with van der Waals surface area (Å²) in [4.78, 5) is 10.8. The Hall–Kier alpha value is -1.05. The average Bonchev–Trinajstić information content (AvgIpc) is 2.26. The number of rotatable bonds is 8. The molecule has 0 rings (SSSR count). The topological polar surface area (TPSA) is 29.1 Å². The number of likely N-dealkylation sites (N-methyl/N-ethyl adjacent to an activating group) is 1. The van der Waals surface area contributed by atoms with Crippen LogP contribution in [0.4, 0.5) is 0 Å². The molecule has 0 saturated heterocycles. The molecule has 1 amide bonds. The van der Waals surface area contributed by atoms with Crippen molar-refractivity contribution in [1.29, 1.82) is 0 Å². The third kappa shape index (κ3) is 10.9. The maximum atomic E-state index is 10.8. The lowest BCUT2D eigenvalue weighted by atomic mass is 10.1. The summed E-state index contributed by atoms with van der Waals surface area (Å²) in [6, 6.07) is 0.